The van der Waals surface area contributed by atoms with Crippen LogP contribution in [0.4, 0.5) is 5.69 Å². The molecule has 9 heteroatoms. The molecule has 0 bridgehead atoms. The lowest BCUT2D eigenvalue weighted by atomic mass is 10.1. The zero-order valence-corrected chi connectivity index (χ0v) is 19.5. The minimum absolute atomic E-state index is 0.0899. The van der Waals surface area contributed by atoms with Gasteiger partial charge in [0.1, 0.15) is 23.6 Å². The number of rotatable bonds is 8. The van der Waals surface area contributed by atoms with Gasteiger partial charge in [0.05, 0.1) is 18.9 Å². The molecule has 1 saturated carbocycles. The van der Waals surface area contributed by atoms with Gasteiger partial charge in [0.15, 0.2) is 6.04 Å². The molecule has 35 heavy (non-hydrogen) atoms. The van der Waals surface area contributed by atoms with Crippen LogP contribution in [0.25, 0.3) is 11.0 Å². The molecule has 1 atom stereocenters. The molecular weight excluding hydrogens is 446 g/mol. The molecular formula is C26H27N5O4. The van der Waals surface area contributed by atoms with Gasteiger partial charge in [0.2, 0.25) is 5.91 Å². The predicted molar refractivity (Wildman–Crippen MR) is 130 cm³/mol. The zero-order chi connectivity index (χ0) is 24.2. The number of fused-ring (bicyclic) bond motifs is 1. The number of benzene rings is 2. The van der Waals surface area contributed by atoms with E-state index in [0.717, 1.165) is 31.2 Å². The van der Waals surface area contributed by atoms with Crippen LogP contribution >= 0.6 is 0 Å². The van der Waals surface area contributed by atoms with Crippen molar-refractivity contribution in [2.24, 2.45) is 0 Å². The van der Waals surface area contributed by atoms with Crippen molar-refractivity contribution in [3.63, 3.8) is 0 Å². The number of ether oxygens (including phenoxy) is 1. The second-order valence-corrected chi connectivity index (χ2v) is 8.61. The number of methoxy groups -OCH3 is 1. The highest BCUT2D eigenvalue weighted by molar-refractivity contribution is 6.01. The zero-order valence-electron chi connectivity index (χ0n) is 19.5. The van der Waals surface area contributed by atoms with Gasteiger partial charge in [-0.3, -0.25) is 14.5 Å². The molecule has 0 spiro atoms. The Balaban J connectivity index is 1.53. The molecule has 9 nitrogen and oxygen atoms in total. The maximum atomic E-state index is 13.9. The number of carbonyl (C=O) groups is 2. The first-order valence-electron chi connectivity index (χ1n) is 11.7. The first kappa shape index (κ1) is 22.6. The predicted octanol–water partition coefficient (Wildman–Crippen LogP) is 3.87. The second kappa shape index (κ2) is 10.0. The highest BCUT2D eigenvalue weighted by Crippen LogP contribution is 2.31. The Kier molecular flexibility index (Phi) is 6.47. The second-order valence-electron chi connectivity index (χ2n) is 8.61. The van der Waals surface area contributed by atoms with E-state index in [1.807, 2.05) is 24.3 Å². The van der Waals surface area contributed by atoms with Crippen LogP contribution in [0.3, 0.4) is 0 Å². The van der Waals surface area contributed by atoms with Crippen LogP contribution in [0.2, 0.25) is 0 Å². The van der Waals surface area contributed by atoms with Crippen molar-refractivity contribution < 1.29 is 18.7 Å². The normalized spacial score (nSPS) is 14.7. The largest absolute Gasteiger partial charge is 0.497 e. The van der Waals surface area contributed by atoms with Crippen LogP contribution in [-0.4, -0.2) is 40.0 Å². The summed E-state index contributed by atoms with van der Waals surface area (Å²) in [5, 5.41) is 11.4. The fraction of sp³-hybridized carbons (Fsp3) is 0.308. The summed E-state index contributed by atoms with van der Waals surface area (Å²) in [7, 11) is 1.58. The van der Waals surface area contributed by atoms with E-state index in [0.29, 0.717) is 22.7 Å². The van der Waals surface area contributed by atoms with E-state index in [1.54, 1.807) is 48.2 Å². The van der Waals surface area contributed by atoms with Crippen LogP contribution in [-0.2, 0) is 16.1 Å². The molecule has 2 aromatic heterocycles. The van der Waals surface area contributed by atoms with Crippen LogP contribution in [0, 0.1) is 0 Å². The average Bonchev–Trinajstić information content (AvgIpc) is 3.66. The summed E-state index contributed by atoms with van der Waals surface area (Å²) in [5.41, 5.74) is 1.97. The van der Waals surface area contributed by atoms with Crippen LogP contribution in [0.15, 0.2) is 71.3 Å². The Labute approximate surface area is 202 Å². The third-order valence-corrected chi connectivity index (χ3v) is 6.35. The van der Waals surface area contributed by atoms with Crippen molar-refractivity contribution in [2.75, 3.05) is 12.0 Å². The van der Waals surface area contributed by atoms with Crippen molar-refractivity contribution in [3.05, 3.63) is 72.7 Å². The molecule has 5 rings (SSSR count). The molecule has 0 radical (unpaired) electrons. The highest BCUT2D eigenvalue weighted by atomic mass is 16.5. The number of hydrogen-bond donors (Lipinski definition) is 1. The summed E-state index contributed by atoms with van der Waals surface area (Å²) < 4.78 is 12.5. The number of para-hydroxylation sites is 1. The first-order chi connectivity index (χ1) is 17.1. The van der Waals surface area contributed by atoms with Gasteiger partial charge in [-0.2, -0.15) is 0 Å². The molecule has 2 aromatic carbocycles. The summed E-state index contributed by atoms with van der Waals surface area (Å²) >= 11 is 0. The lowest BCUT2D eigenvalue weighted by molar-refractivity contribution is -0.127. The van der Waals surface area contributed by atoms with Gasteiger partial charge in [0.25, 0.3) is 5.91 Å². The van der Waals surface area contributed by atoms with Crippen LogP contribution in [0.1, 0.15) is 37.5 Å². The van der Waals surface area contributed by atoms with Crippen LogP contribution in [0.5, 0.6) is 5.75 Å². The fourth-order valence-electron chi connectivity index (χ4n) is 4.59. The van der Waals surface area contributed by atoms with Gasteiger partial charge in [-0.05, 0) is 61.4 Å². The highest BCUT2D eigenvalue weighted by Gasteiger charge is 2.36. The monoisotopic (exact) mass is 473 g/mol. The van der Waals surface area contributed by atoms with Gasteiger partial charge in [-0.25, -0.2) is 4.68 Å². The Morgan fingerprint density at radius 2 is 1.89 bits per heavy atom. The quantitative estimate of drug-likeness (QED) is 0.417. The molecule has 2 amide bonds. The number of anilines is 1. The smallest absolute Gasteiger partial charge is 0.251 e. The van der Waals surface area contributed by atoms with Crippen molar-refractivity contribution in [1.82, 2.24) is 20.3 Å². The minimum Gasteiger partial charge on any atom is -0.497 e. The minimum atomic E-state index is -0.985. The van der Waals surface area contributed by atoms with Gasteiger partial charge in [-0.1, -0.05) is 30.2 Å². The van der Waals surface area contributed by atoms with Crippen molar-refractivity contribution in [3.8, 4) is 5.75 Å². The average molecular weight is 474 g/mol. The summed E-state index contributed by atoms with van der Waals surface area (Å²) in [4.78, 5) is 29.0. The summed E-state index contributed by atoms with van der Waals surface area (Å²) in [5.74, 6) is 0.426. The number of amides is 2. The lowest BCUT2D eigenvalue weighted by Crippen LogP contribution is -2.47. The molecule has 180 valence electrons. The van der Waals surface area contributed by atoms with E-state index in [-0.39, 0.29) is 24.4 Å². The number of nitrogens with one attached hydrogen (secondary N) is 1. The van der Waals surface area contributed by atoms with E-state index in [4.69, 9.17) is 9.15 Å². The molecule has 0 unspecified atom stereocenters. The van der Waals surface area contributed by atoms with E-state index in [1.165, 1.54) is 11.2 Å². The summed E-state index contributed by atoms with van der Waals surface area (Å²) in [6.07, 6.45) is 5.52. The van der Waals surface area contributed by atoms with E-state index in [2.05, 4.69) is 15.6 Å². The third kappa shape index (κ3) is 4.75. The fourth-order valence-corrected chi connectivity index (χ4v) is 4.59. The SMILES string of the molecule is COc1ccc(N(C(=O)Cn2nnc3ccccc32)[C@H](C(=O)NC2CCCC2)c2ccco2)cc1. The molecule has 2 heterocycles. The maximum absolute atomic E-state index is 13.9. The Hall–Kier alpha value is -4.14. The van der Waals surface area contributed by atoms with Crippen molar-refractivity contribution in [2.45, 2.75) is 44.3 Å². The molecule has 1 N–H and O–H groups in total. The number of carbonyl (C=O) groups excluding carboxylic acids is 2. The molecule has 1 aliphatic rings. The van der Waals surface area contributed by atoms with Crippen molar-refractivity contribution in [1.29, 1.82) is 0 Å². The molecule has 0 saturated heterocycles. The number of furan rings is 1. The first-order valence-corrected chi connectivity index (χ1v) is 11.7. The maximum Gasteiger partial charge on any atom is 0.251 e. The third-order valence-electron chi connectivity index (χ3n) is 6.35. The summed E-state index contributed by atoms with van der Waals surface area (Å²) in [6, 6.07) is 17.0. The van der Waals surface area contributed by atoms with E-state index in [9.17, 15) is 9.59 Å². The number of aromatic nitrogens is 3. The molecule has 0 aliphatic heterocycles. The Morgan fingerprint density at radius 3 is 2.60 bits per heavy atom. The van der Waals surface area contributed by atoms with E-state index < -0.39 is 6.04 Å². The van der Waals surface area contributed by atoms with Gasteiger partial charge < -0.3 is 14.5 Å². The number of hydrogen-bond acceptors (Lipinski definition) is 6. The van der Waals surface area contributed by atoms with Gasteiger partial charge in [-0.15, -0.1) is 5.10 Å². The molecule has 4 aromatic rings. The van der Waals surface area contributed by atoms with Crippen molar-refractivity contribution >= 4 is 28.5 Å². The van der Waals surface area contributed by atoms with Crippen LogP contribution < -0.4 is 15.0 Å². The molecule has 1 aliphatic carbocycles. The van der Waals surface area contributed by atoms with E-state index >= 15 is 0 Å². The molecule has 1 fully saturated rings. The van der Waals surface area contributed by atoms with Gasteiger partial charge in [0, 0.05) is 11.7 Å². The standard InChI is InChI=1S/C26H27N5O4/c1-34-20-14-12-19(13-15-20)31(24(32)17-30-22-10-5-4-9-21(22)28-29-30)25(23-11-6-16-35-23)26(33)27-18-7-2-3-8-18/h4-6,9-16,18,25H,2-3,7-8,17H2,1H3,(H,27,33)/t25-/m0/s1. The number of nitrogens with zero attached hydrogens (tertiary/aromatic N) is 4. The Bertz CT molecular complexity index is 1290. The Morgan fingerprint density at radius 1 is 1.11 bits per heavy atom. The topological polar surface area (TPSA) is 102 Å². The van der Waals surface area contributed by atoms with Gasteiger partial charge >= 0.3 is 0 Å². The lowest BCUT2D eigenvalue weighted by Gasteiger charge is -2.31. The summed E-state index contributed by atoms with van der Waals surface area (Å²) in [6.45, 7) is -0.0968.